The van der Waals surface area contributed by atoms with Gasteiger partial charge in [0.15, 0.2) is 11.5 Å². The first-order valence-corrected chi connectivity index (χ1v) is 7.96. The fourth-order valence-electron chi connectivity index (χ4n) is 2.55. The number of hydrogen-bond acceptors (Lipinski definition) is 3. The van der Waals surface area contributed by atoms with Gasteiger partial charge in [0.05, 0.1) is 0 Å². The molecule has 1 aliphatic heterocycles. The number of carbonyl (C=O) groups is 1. The Morgan fingerprint density at radius 3 is 2.65 bits per heavy atom. The predicted octanol–water partition coefficient (Wildman–Crippen LogP) is 3.48. The van der Waals surface area contributed by atoms with E-state index in [1.165, 1.54) is 11.1 Å². The van der Waals surface area contributed by atoms with Gasteiger partial charge in [0, 0.05) is 12.1 Å². The van der Waals surface area contributed by atoms with Crippen molar-refractivity contribution in [3.05, 3.63) is 59.2 Å². The van der Waals surface area contributed by atoms with E-state index < -0.39 is 0 Å². The molecule has 0 radical (unpaired) electrons. The number of fused-ring (bicyclic) bond motifs is 1. The van der Waals surface area contributed by atoms with Gasteiger partial charge in [0.1, 0.15) is 0 Å². The first kappa shape index (κ1) is 15.4. The zero-order valence-electron chi connectivity index (χ0n) is 13.3. The molecule has 3 rings (SSSR count). The number of amides is 1. The predicted molar refractivity (Wildman–Crippen MR) is 89.0 cm³/mol. The lowest BCUT2D eigenvalue weighted by atomic mass is 10.1. The minimum absolute atomic E-state index is 0.0707. The average molecular weight is 311 g/mol. The van der Waals surface area contributed by atoms with Crippen molar-refractivity contribution in [2.75, 3.05) is 13.3 Å². The molecular weight excluding hydrogens is 290 g/mol. The van der Waals surface area contributed by atoms with E-state index in [-0.39, 0.29) is 12.7 Å². The second-order valence-corrected chi connectivity index (χ2v) is 5.77. The second kappa shape index (κ2) is 7.18. The van der Waals surface area contributed by atoms with E-state index in [4.69, 9.17) is 9.47 Å². The lowest BCUT2D eigenvalue weighted by Gasteiger charge is -2.06. The molecule has 2 aromatic rings. The number of hydrogen-bond donors (Lipinski definition) is 1. The van der Waals surface area contributed by atoms with Gasteiger partial charge in [0.2, 0.25) is 6.79 Å². The first-order chi connectivity index (χ1) is 11.2. The summed E-state index contributed by atoms with van der Waals surface area (Å²) in [5.41, 5.74) is 3.23. The molecule has 0 saturated heterocycles. The number of unbranched alkanes of at least 4 members (excludes halogenated alkanes) is 1. The maximum absolute atomic E-state index is 12.1. The smallest absolute Gasteiger partial charge is 0.251 e. The molecule has 0 fully saturated rings. The molecule has 1 N–H and O–H groups in total. The zero-order chi connectivity index (χ0) is 16.1. The maximum atomic E-state index is 12.1. The molecule has 0 aromatic heterocycles. The third-order valence-corrected chi connectivity index (χ3v) is 3.93. The molecule has 2 aromatic carbocycles. The fraction of sp³-hybridized carbons (Fsp3) is 0.316. The molecule has 0 aliphatic carbocycles. The van der Waals surface area contributed by atoms with Crippen molar-refractivity contribution < 1.29 is 14.3 Å². The van der Waals surface area contributed by atoms with Crippen LogP contribution in [0.15, 0.2) is 42.5 Å². The van der Waals surface area contributed by atoms with E-state index in [1.807, 2.05) is 0 Å². The summed E-state index contributed by atoms with van der Waals surface area (Å²) >= 11 is 0. The Hall–Kier alpha value is -2.49. The van der Waals surface area contributed by atoms with Gasteiger partial charge in [-0.3, -0.25) is 4.79 Å². The van der Waals surface area contributed by atoms with Crippen molar-refractivity contribution in [2.24, 2.45) is 0 Å². The first-order valence-electron chi connectivity index (χ1n) is 7.96. The lowest BCUT2D eigenvalue weighted by Crippen LogP contribution is -2.24. The van der Waals surface area contributed by atoms with E-state index in [1.54, 1.807) is 18.2 Å². The van der Waals surface area contributed by atoms with Gasteiger partial charge in [-0.2, -0.15) is 0 Å². The molecule has 0 unspecified atom stereocenters. The number of aryl methyl sites for hydroxylation is 2. The van der Waals surface area contributed by atoms with E-state index in [9.17, 15) is 4.79 Å². The molecule has 0 spiro atoms. The third-order valence-electron chi connectivity index (χ3n) is 3.93. The van der Waals surface area contributed by atoms with Crippen LogP contribution in [0.5, 0.6) is 11.5 Å². The molecule has 120 valence electrons. The topological polar surface area (TPSA) is 47.6 Å². The van der Waals surface area contributed by atoms with Gasteiger partial charge in [-0.1, -0.05) is 29.8 Å². The Morgan fingerprint density at radius 2 is 1.83 bits per heavy atom. The van der Waals surface area contributed by atoms with Crippen LogP contribution in [0.3, 0.4) is 0 Å². The molecule has 4 nitrogen and oxygen atoms in total. The fourth-order valence-corrected chi connectivity index (χ4v) is 2.55. The molecular formula is C19H21NO3. The highest BCUT2D eigenvalue weighted by Crippen LogP contribution is 2.32. The van der Waals surface area contributed by atoms with Crippen molar-refractivity contribution in [1.29, 1.82) is 0 Å². The van der Waals surface area contributed by atoms with Crippen LogP contribution in [0.25, 0.3) is 0 Å². The van der Waals surface area contributed by atoms with E-state index in [0.717, 1.165) is 19.3 Å². The van der Waals surface area contributed by atoms with Gasteiger partial charge in [-0.25, -0.2) is 0 Å². The normalized spacial score (nSPS) is 12.2. The van der Waals surface area contributed by atoms with E-state index in [2.05, 4.69) is 36.5 Å². The van der Waals surface area contributed by atoms with Gasteiger partial charge >= 0.3 is 0 Å². The van der Waals surface area contributed by atoms with Crippen molar-refractivity contribution in [3.8, 4) is 11.5 Å². The summed E-state index contributed by atoms with van der Waals surface area (Å²) in [4.78, 5) is 12.1. The average Bonchev–Trinajstić information content (AvgIpc) is 3.03. The summed E-state index contributed by atoms with van der Waals surface area (Å²) in [6.45, 7) is 2.99. The molecule has 0 bridgehead atoms. The molecule has 0 atom stereocenters. The summed E-state index contributed by atoms with van der Waals surface area (Å²) in [5.74, 6) is 1.26. The maximum Gasteiger partial charge on any atom is 0.251 e. The van der Waals surface area contributed by atoms with Crippen molar-refractivity contribution >= 4 is 5.91 Å². The molecule has 1 heterocycles. The van der Waals surface area contributed by atoms with Crippen molar-refractivity contribution in [3.63, 3.8) is 0 Å². The van der Waals surface area contributed by atoms with Crippen LogP contribution in [0.1, 0.15) is 34.3 Å². The van der Waals surface area contributed by atoms with Crippen LogP contribution in [-0.2, 0) is 6.42 Å². The summed E-state index contributed by atoms with van der Waals surface area (Å²) in [7, 11) is 0. The SMILES string of the molecule is Cc1ccc(CCCCNC(=O)c2ccc3c(c2)OCO3)cc1. The van der Waals surface area contributed by atoms with Gasteiger partial charge < -0.3 is 14.8 Å². The Bertz CT molecular complexity index is 680. The van der Waals surface area contributed by atoms with Crippen LogP contribution in [0.4, 0.5) is 0 Å². The summed E-state index contributed by atoms with van der Waals surface area (Å²) < 4.78 is 10.5. The largest absolute Gasteiger partial charge is 0.454 e. The lowest BCUT2D eigenvalue weighted by molar-refractivity contribution is 0.0952. The monoisotopic (exact) mass is 311 g/mol. The van der Waals surface area contributed by atoms with Crippen LogP contribution in [0.2, 0.25) is 0 Å². The van der Waals surface area contributed by atoms with Gasteiger partial charge in [-0.15, -0.1) is 0 Å². The third kappa shape index (κ3) is 4.03. The molecule has 1 amide bonds. The minimum Gasteiger partial charge on any atom is -0.454 e. The summed E-state index contributed by atoms with van der Waals surface area (Å²) in [6, 6.07) is 13.9. The second-order valence-electron chi connectivity index (χ2n) is 5.77. The number of rotatable bonds is 6. The summed E-state index contributed by atoms with van der Waals surface area (Å²) in [5, 5.41) is 2.95. The number of benzene rings is 2. The van der Waals surface area contributed by atoms with Gasteiger partial charge in [-0.05, 0) is 49.9 Å². The minimum atomic E-state index is -0.0707. The highest BCUT2D eigenvalue weighted by molar-refractivity contribution is 5.94. The zero-order valence-corrected chi connectivity index (χ0v) is 13.3. The molecule has 0 saturated carbocycles. The van der Waals surface area contributed by atoms with Crippen LogP contribution >= 0.6 is 0 Å². The molecule has 4 heteroatoms. The van der Waals surface area contributed by atoms with E-state index in [0.29, 0.717) is 23.6 Å². The quantitative estimate of drug-likeness (QED) is 0.831. The van der Waals surface area contributed by atoms with Gasteiger partial charge in [0.25, 0.3) is 5.91 Å². The number of ether oxygens (including phenoxy) is 2. The van der Waals surface area contributed by atoms with Crippen LogP contribution in [-0.4, -0.2) is 19.2 Å². The Balaban J connectivity index is 1.40. The Labute approximate surface area is 136 Å². The Kier molecular flexibility index (Phi) is 4.81. The number of carbonyl (C=O) groups excluding carboxylic acids is 1. The standard InChI is InChI=1S/C19H21NO3/c1-14-5-7-15(8-6-14)4-2-3-11-20-19(21)16-9-10-17-18(12-16)23-13-22-17/h5-10,12H,2-4,11,13H2,1H3,(H,20,21). The number of nitrogens with one attached hydrogen (secondary N) is 1. The Morgan fingerprint density at radius 1 is 1.04 bits per heavy atom. The van der Waals surface area contributed by atoms with Crippen molar-refractivity contribution in [2.45, 2.75) is 26.2 Å². The highest BCUT2D eigenvalue weighted by Gasteiger charge is 2.15. The molecule has 23 heavy (non-hydrogen) atoms. The highest BCUT2D eigenvalue weighted by atomic mass is 16.7. The molecule has 1 aliphatic rings. The van der Waals surface area contributed by atoms with Crippen LogP contribution in [0, 0.1) is 6.92 Å². The summed E-state index contributed by atoms with van der Waals surface area (Å²) in [6.07, 6.45) is 3.06. The van der Waals surface area contributed by atoms with E-state index >= 15 is 0 Å². The van der Waals surface area contributed by atoms with Crippen LogP contribution < -0.4 is 14.8 Å². The van der Waals surface area contributed by atoms with Crippen molar-refractivity contribution in [1.82, 2.24) is 5.32 Å².